The number of carbonyl (C=O) groups excluding carboxylic acids is 1. The Labute approximate surface area is 179 Å². The van der Waals surface area contributed by atoms with Crippen LogP contribution in [0.25, 0.3) is 6.08 Å². The van der Waals surface area contributed by atoms with E-state index >= 15 is 0 Å². The van der Waals surface area contributed by atoms with Crippen LogP contribution in [0.15, 0.2) is 60.7 Å². The number of nitrogens with one attached hydrogen (secondary N) is 1. The molecule has 5 heteroatoms. The van der Waals surface area contributed by atoms with E-state index < -0.39 is 0 Å². The van der Waals surface area contributed by atoms with Crippen LogP contribution in [0.4, 0.5) is 0 Å². The van der Waals surface area contributed by atoms with Crippen molar-refractivity contribution < 1.29 is 9.63 Å². The molecule has 0 aromatic heterocycles. The highest BCUT2D eigenvalue weighted by Crippen LogP contribution is 2.39. The van der Waals surface area contributed by atoms with Gasteiger partial charge in [0, 0.05) is 18.7 Å². The van der Waals surface area contributed by atoms with Gasteiger partial charge in [-0.05, 0) is 67.5 Å². The topological polar surface area (TPSA) is 67.6 Å². The molecule has 1 amide bonds. The fourth-order valence-corrected chi connectivity index (χ4v) is 3.61. The molecule has 2 aliphatic rings. The minimum absolute atomic E-state index is 0.270. The maximum absolute atomic E-state index is 11.3. The number of carbonyl (C=O) groups is 1. The number of likely N-dealkylation sites (tertiary alicyclic amines) is 1. The van der Waals surface area contributed by atoms with E-state index in [1.54, 1.807) is 6.08 Å². The van der Waals surface area contributed by atoms with Crippen LogP contribution in [0.5, 0.6) is 0 Å². The van der Waals surface area contributed by atoms with Crippen molar-refractivity contribution in [3.8, 4) is 0 Å². The molecule has 4 rings (SSSR count). The number of nitrogens with zero attached hydrogens (tertiary/aromatic N) is 1. The third-order valence-corrected chi connectivity index (χ3v) is 5.47. The van der Waals surface area contributed by atoms with Crippen molar-refractivity contribution >= 4 is 12.0 Å². The molecule has 2 aromatic rings. The van der Waals surface area contributed by atoms with Gasteiger partial charge < -0.3 is 5.73 Å². The Morgan fingerprint density at radius 3 is 2.50 bits per heavy atom. The van der Waals surface area contributed by atoms with E-state index in [2.05, 4.69) is 57.7 Å². The predicted molar refractivity (Wildman–Crippen MR) is 122 cm³/mol. The van der Waals surface area contributed by atoms with Gasteiger partial charge in [0.15, 0.2) is 0 Å². The Kier molecular flexibility index (Phi) is 8.63. The summed E-state index contributed by atoms with van der Waals surface area (Å²) < 4.78 is 0. The summed E-state index contributed by atoms with van der Waals surface area (Å²) >= 11 is 0. The van der Waals surface area contributed by atoms with Crippen LogP contribution in [0.2, 0.25) is 0 Å². The molecule has 0 atom stereocenters. The van der Waals surface area contributed by atoms with E-state index in [1.807, 2.05) is 12.1 Å². The van der Waals surface area contributed by atoms with Gasteiger partial charge in [-0.15, -0.1) is 0 Å². The summed E-state index contributed by atoms with van der Waals surface area (Å²) in [5, 5.41) is 0. The zero-order valence-corrected chi connectivity index (χ0v) is 17.8. The van der Waals surface area contributed by atoms with Gasteiger partial charge in [-0.1, -0.05) is 54.6 Å². The molecule has 160 valence electrons. The number of benzene rings is 2. The summed E-state index contributed by atoms with van der Waals surface area (Å²) in [6.45, 7) is 3.04. The van der Waals surface area contributed by atoms with Gasteiger partial charge in [0.1, 0.15) is 0 Å². The molecule has 0 spiro atoms. The van der Waals surface area contributed by atoms with Crippen LogP contribution in [0.1, 0.15) is 48.3 Å². The minimum Gasteiger partial charge on any atom is -0.328 e. The summed E-state index contributed by atoms with van der Waals surface area (Å²) in [6.07, 6.45) is 8.19. The second-order valence-electron chi connectivity index (χ2n) is 8.05. The van der Waals surface area contributed by atoms with E-state index in [0.717, 1.165) is 44.0 Å². The van der Waals surface area contributed by atoms with Crippen LogP contribution in [0.3, 0.4) is 0 Å². The highest BCUT2D eigenvalue weighted by atomic mass is 16.6. The highest BCUT2D eigenvalue weighted by molar-refractivity contribution is 5.90. The van der Waals surface area contributed by atoms with Crippen molar-refractivity contribution in [1.82, 2.24) is 10.4 Å². The number of rotatable bonds is 6. The van der Waals surface area contributed by atoms with Crippen molar-refractivity contribution in [3.63, 3.8) is 0 Å². The summed E-state index contributed by atoms with van der Waals surface area (Å²) in [6, 6.07) is 19.3. The van der Waals surface area contributed by atoms with Crippen LogP contribution >= 0.6 is 0 Å². The quantitative estimate of drug-likeness (QED) is 0.564. The maximum atomic E-state index is 11.3. The Hall–Kier alpha value is -2.47. The molecular formula is C25H33N3O2. The third-order valence-electron chi connectivity index (χ3n) is 5.47. The second kappa shape index (κ2) is 11.6. The number of amides is 1. The summed E-state index contributed by atoms with van der Waals surface area (Å²) in [4.78, 5) is 18.3. The van der Waals surface area contributed by atoms with E-state index in [1.165, 1.54) is 37.2 Å². The first-order valence-electron chi connectivity index (χ1n) is 10.8. The molecule has 2 aromatic carbocycles. The van der Waals surface area contributed by atoms with Crippen LogP contribution < -0.4 is 11.2 Å². The number of hydrogen-bond acceptors (Lipinski definition) is 4. The molecule has 30 heavy (non-hydrogen) atoms. The van der Waals surface area contributed by atoms with E-state index in [9.17, 15) is 4.79 Å². The van der Waals surface area contributed by atoms with Crippen LogP contribution in [-0.4, -0.2) is 37.0 Å². The Morgan fingerprint density at radius 1 is 1.10 bits per heavy atom. The maximum Gasteiger partial charge on any atom is 0.267 e. The van der Waals surface area contributed by atoms with Gasteiger partial charge in [0.2, 0.25) is 0 Å². The lowest BCUT2D eigenvalue weighted by Gasteiger charge is -2.30. The minimum atomic E-state index is -0.270. The smallest absolute Gasteiger partial charge is 0.267 e. The molecule has 3 N–H and O–H groups in total. The summed E-state index contributed by atoms with van der Waals surface area (Å²) in [7, 11) is 1.41. The van der Waals surface area contributed by atoms with Crippen molar-refractivity contribution in [1.29, 1.82) is 0 Å². The first kappa shape index (κ1) is 22.2. The average Bonchev–Trinajstić information content (AvgIpc) is 3.61. The monoisotopic (exact) mass is 407 g/mol. The number of piperidine rings is 1. The van der Waals surface area contributed by atoms with Gasteiger partial charge in [0.05, 0.1) is 7.11 Å². The molecule has 1 saturated carbocycles. The molecule has 5 nitrogen and oxygen atoms in total. The van der Waals surface area contributed by atoms with Crippen molar-refractivity contribution in [2.75, 3.05) is 20.2 Å². The van der Waals surface area contributed by atoms with Gasteiger partial charge in [0.25, 0.3) is 5.91 Å². The van der Waals surface area contributed by atoms with E-state index in [4.69, 9.17) is 5.73 Å². The summed E-state index contributed by atoms with van der Waals surface area (Å²) in [5.74, 6) is 0.638. The molecule has 1 heterocycles. The third kappa shape index (κ3) is 7.75. The number of hydrogen-bond donors (Lipinski definition) is 2. The normalized spacial score (nSPS) is 17.4. The number of hydroxylamine groups is 1. The average molecular weight is 408 g/mol. The largest absolute Gasteiger partial charge is 0.328 e. The lowest BCUT2D eigenvalue weighted by molar-refractivity contribution is -0.126. The summed E-state index contributed by atoms with van der Waals surface area (Å²) in [5.41, 5.74) is 12.0. The SMILES string of the molecule is CONC(=O)/C=C/c1cccc(CN2CCC(N)CC2)c1.c1ccc(C2CC2)cc1. The van der Waals surface area contributed by atoms with Crippen molar-refractivity contribution in [2.45, 2.75) is 44.2 Å². The zero-order chi connectivity index (χ0) is 21.2. The standard InChI is InChI=1S/C16H23N3O2.C9H10/c1-21-18-16(20)6-5-13-3-2-4-14(11-13)12-19-9-7-15(17)8-10-19;1-2-4-8(5-3-1)9-6-7-9/h2-6,11,15H,7-10,12,17H2,1H3,(H,18,20);1-5,9H,6-7H2/b6-5+;. The van der Waals surface area contributed by atoms with Gasteiger partial charge in [-0.25, -0.2) is 5.48 Å². The first-order chi connectivity index (χ1) is 14.6. The first-order valence-corrected chi connectivity index (χ1v) is 10.8. The molecule has 1 aliphatic heterocycles. The van der Waals surface area contributed by atoms with Gasteiger partial charge in [-0.2, -0.15) is 0 Å². The van der Waals surface area contributed by atoms with Crippen molar-refractivity contribution in [3.05, 3.63) is 77.4 Å². The zero-order valence-electron chi connectivity index (χ0n) is 17.8. The van der Waals surface area contributed by atoms with Crippen LogP contribution in [-0.2, 0) is 16.2 Å². The fraction of sp³-hybridized carbons (Fsp3) is 0.400. The predicted octanol–water partition coefficient (Wildman–Crippen LogP) is 3.86. The molecule has 0 unspecified atom stereocenters. The van der Waals surface area contributed by atoms with Gasteiger partial charge in [-0.3, -0.25) is 14.5 Å². The molecule has 2 fully saturated rings. The Balaban J connectivity index is 0.000000234. The molecule has 0 radical (unpaired) electrons. The van der Waals surface area contributed by atoms with Crippen molar-refractivity contribution in [2.24, 2.45) is 5.73 Å². The molecule has 1 saturated heterocycles. The second-order valence-corrected chi connectivity index (χ2v) is 8.05. The van der Waals surface area contributed by atoms with Gasteiger partial charge >= 0.3 is 0 Å². The molecule has 0 bridgehead atoms. The number of nitrogens with two attached hydrogens (primary N) is 1. The molecular weight excluding hydrogens is 374 g/mol. The van der Waals surface area contributed by atoms with Crippen LogP contribution in [0, 0.1) is 0 Å². The lowest BCUT2D eigenvalue weighted by Crippen LogP contribution is -2.39. The Bertz CT molecular complexity index is 810. The van der Waals surface area contributed by atoms with E-state index in [0.29, 0.717) is 6.04 Å². The Morgan fingerprint density at radius 2 is 1.83 bits per heavy atom. The lowest BCUT2D eigenvalue weighted by atomic mass is 10.0. The fourth-order valence-electron chi connectivity index (χ4n) is 3.61. The highest BCUT2D eigenvalue weighted by Gasteiger charge is 2.22. The van der Waals surface area contributed by atoms with E-state index in [-0.39, 0.29) is 5.91 Å². The molecule has 1 aliphatic carbocycles.